The van der Waals surface area contributed by atoms with Gasteiger partial charge < -0.3 is 14.1 Å². The second-order valence-electron chi connectivity index (χ2n) is 7.93. The average molecular weight is 450 g/mol. The summed E-state index contributed by atoms with van der Waals surface area (Å²) < 4.78 is 11.9. The smallest absolute Gasteiger partial charge is 0.327 e. The maximum Gasteiger partial charge on any atom is 0.327 e. The van der Waals surface area contributed by atoms with Crippen molar-refractivity contribution in [3.8, 4) is 0 Å². The van der Waals surface area contributed by atoms with E-state index in [9.17, 15) is 9.59 Å². The number of nitrogens with one attached hydrogen (secondary N) is 1. The van der Waals surface area contributed by atoms with Crippen molar-refractivity contribution in [1.82, 2.24) is 30.1 Å². The standard InChI is InChI=1S/C23H26N6O4/c1-4-32-22(30)14-29-21(25-26-27-29)13-28(12-19-6-5-7-33-19)11-18-10-17-8-15(2)16(3)9-20(17)24-23(18)31/h5-10H,4,11-14H2,1-3H3,(H,24,31). The molecule has 0 spiro atoms. The fourth-order valence-corrected chi connectivity index (χ4v) is 3.66. The number of aromatic nitrogens is 5. The largest absolute Gasteiger partial charge is 0.468 e. The number of esters is 1. The van der Waals surface area contributed by atoms with E-state index in [0.29, 0.717) is 31.0 Å². The molecule has 1 aromatic carbocycles. The predicted molar refractivity (Wildman–Crippen MR) is 120 cm³/mol. The minimum absolute atomic E-state index is 0.0834. The molecule has 0 aliphatic carbocycles. The number of ether oxygens (including phenoxy) is 1. The Balaban J connectivity index is 1.62. The zero-order chi connectivity index (χ0) is 23.4. The first-order valence-electron chi connectivity index (χ1n) is 10.7. The molecule has 0 radical (unpaired) electrons. The fraction of sp³-hybridized carbons (Fsp3) is 0.348. The zero-order valence-corrected chi connectivity index (χ0v) is 18.9. The highest BCUT2D eigenvalue weighted by atomic mass is 16.5. The average Bonchev–Trinajstić information content (AvgIpc) is 3.43. The van der Waals surface area contributed by atoms with Crippen LogP contribution in [0.1, 0.15) is 35.2 Å². The summed E-state index contributed by atoms with van der Waals surface area (Å²) in [5, 5.41) is 12.7. The lowest BCUT2D eigenvalue weighted by Crippen LogP contribution is -2.28. The molecule has 33 heavy (non-hydrogen) atoms. The fourth-order valence-electron chi connectivity index (χ4n) is 3.66. The van der Waals surface area contributed by atoms with Crippen LogP contribution in [0.5, 0.6) is 0 Å². The Kier molecular flexibility index (Phi) is 6.64. The van der Waals surface area contributed by atoms with Gasteiger partial charge in [0, 0.05) is 17.6 Å². The molecule has 10 nitrogen and oxygen atoms in total. The molecule has 0 aliphatic rings. The minimum Gasteiger partial charge on any atom is -0.468 e. The van der Waals surface area contributed by atoms with Gasteiger partial charge in [0.2, 0.25) is 0 Å². The third-order valence-corrected chi connectivity index (χ3v) is 5.44. The van der Waals surface area contributed by atoms with Gasteiger partial charge >= 0.3 is 5.97 Å². The summed E-state index contributed by atoms with van der Waals surface area (Å²) in [5.74, 6) is 0.807. The number of pyridine rings is 1. The lowest BCUT2D eigenvalue weighted by molar-refractivity contribution is -0.144. The third-order valence-electron chi connectivity index (χ3n) is 5.44. The van der Waals surface area contributed by atoms with Crippen molar-refractivity contribution in [2.24, 2.45) is 0 Å². The van der Waals surface area contributed by atoms with E-state index in [4.69, 9.17) is 9.15 Å². The molecule has 0 saturated carbocycles. The van der Waals surface area contributed by atoms with Gasteiger partial charge in [-0.1, -0.05) is 0 Å². The number of aromatic amines is 1. The van der Waals surface area contributed by atoms with E-state index in [-0.39, 0.29) is 18.7 Å². The molecule has 3 heterocycles. The molecule has 0 unspecified atom stereocenters. The van der Waals surface area contributed by atoms with Gasteiger partial charge in [0.05, 0.1) is 26.0 Å². The number of H-pyrrole nitrogens is 1. The van der Waals surface area contributed by atoms with Gasteiger partial charge in [0.15, 0.2) is 5.82 Å². The summed E-state index contributed by atoms with van der Waals surface area (Å²) in [6.07, 6.45) is 1.60. The molecule has 0 fully saturated rings. The number of aryl methyl sites for hydroxylation is 2. The summed E-state index contributed by atoms with van der Waals surface area (Å²) in [6.45, 7) is 7.09. The van der Waals surface area contributed by atoms with Crippen LogP contribution < -0.4 is 5.56 Å². The molecule has 0 aliphatic heterocycles. The van der Waals surface area contributed by atoms with Crippen LogP contribution in [0.2, 0.25) is 0 Å². The van der Waals surface area contributed by atoms with E-state index < -0.39 is 5.97 Å². The summed E-state index contributed by atoms with van der Waals surface area (Å²) >= 11 is 0. The number of rotatable bonds is 9. The molecule has 0 bridgehead atoms. The van der Waals surface area contributed by atoms with Gasteiger partial charge in [0.25, 0.3) is 5.56 Å². The van der Waals surface area contributed by atoms with Gasteiger partial charge in [-0.2, -0.15) is 0 Å². The second-order valence-corrected chi connectivity index (χ2v) is 7.93. The van der Waals surface area contributed by atoms with Crippen LogP contribution in [-0.4, -0.2) is 42.7 Å². The summed E-state index contributed by atoms with van der Waals surface area (Å²) in [5.41, 5.74) is 3.55. The number of hydrogen-bond donors (Lipinski definition) is 1. The Bertz CT molecular complexity index is 1310. The van der Waals surface area contributed by atoms with Crippen LogP contribution in [0.3, 0.4) is 0 Å². The number of carbonyl (C=O) groups excluding carboxylic acids is 1. The van der Waals surface area contributed by atoms with Crippen molar-refractivity contribution in [3.05, 3.63) is 75.2 Å². The summed E-state index contributed by atoms with van der Waals surface area (Å²) in [7, 11) is 0. The highest BCUT2D eigenvalue weighted by molar-refractivity contribution is 5.80. The van der Waals surface area contributed by atoms with Crippen LogP contribution in [0.25, 0.3) is 10.9 Å². The highest BCUT2D eigenvalue weighted by Crippen LogP contribution is 2.19. The van der Waals surface area contributed by atoms with E-state index in [1.165, 1.54) is 4.68 Å². The molecule has 3 aromatic heterocycles. The van der Waals surface area contributed by atoms with Gasteiger partial charge in [0.1, 0.15) is 12.3 Å². The minimum atomic E-state index is -0.416. The predicted octanol–water partition coefficient (Wildman–Crippen LogP) is 2.49. The monoisotopic (exact) mass is 450 g/mol. The van der Waals surface area contributed by atoms with Gasteiger partial charge in [-0.05, 0) is 78.0 Å². The van der Waals surface area contributed by atoms with Gasteiger partial charge in [-0.25, -0.2) is 4.68 Å². The molecule has 1 N–H and O–H groups in total. The Labute approximate surface area is 190 Å². The number of furan rings is 1. The second kappa shape index (κ2) is 9.78. The summed E-state index contributed by atoms with van der Waals surface area (Å²) in [6, 6.07) is 9.65. The van der Waals surface area contributed by atoms with E-state index in [1.54, 1.807) is 13.2 Å². The van der Waals surface area contributed by atoms with Crippen LogP contribution in [0.15, 0.2) is 45.8 Å². The Hall–Kier alpha value is -3.79. The number of nitrogens with zero attached hydrogens (tertiary/aromatic N) is 5. The molecular formula is C23H26N6O4. The number of benzene rings is 1. The van der Waals surface area contributed by atoms with E-state index in [2.05, 4.69) is 26.6 Å². The Morgan fingerprint density at radius 2 is 2.00 bits per heavy atom. The highest BCUT2D eigenvalue weighted by Gasteiger charge is 2.18. The van der Waals surface area contributed by atoms with Crippen molar-refractivity contribution in [1.29, 1.82) is 0 Å². The third kappa shape index (κ3) is 5.35. The molecule has 0 saturated heterocycles. The molecule has 4 rings (SSSR count). The molecule has 4 aromatic rings. The molecule has 0 atom stereocenters. The zero-order valence-electron chi connectivity index (χ0n) is 18.9. The Morgan fingerprint density at radius 1 is 1.18 bits per heavy atom. The SMILES string of the molecule is CCOC(=O)Cn1nnnc1CN(Cc1ccco1)Cc1cc2cc(C)c(C)cc2[nH]c1=O. The number of tetrazole rings is 1. The van der Waals surface area contributed by atoms with Gasteiger partial charge in [-0.15, -0.1) is 5.10 Å². The van der Waals surface area contributed by atoms with Crippen molar-refractivity contribution < 1.29 is 13.9 Å². The van der Waals surface area contributed by atoms with Crippen molar-refractivity contribution in [2.75, 3.05) is 6.61 Å². The molecule has 172 valence electrons. The van der Waals surface area contributed by atoms with E-state index in [1.807, 2.05) is 43.0 Å². The lowest BCUT2D eigenvalue weighted by atomic mass is 10.0. The Morgan fingerprint density at radius 3 is 2.76 bits per heavy atom. The summed E-state index contributed by atoms with van der Waals surface area (Å²) in [4.78, 5) is 29.7. The normalized spacial score (nSPS) is 11.4. The first kappa shape index (κ1) is 22.4. The first-order valence-corrected chi connectivity index (χ1v) is 10.7. The topological polar surface area (TPSA) is 119 Å². The van der Waals surface area contributed by atoms with Crippen molar-refractivity contribution in [2.45, 2.75) is 47.0 Å². The van der Waals surface area contributed by atoms with Crippen LogP contribution >= 0.6 is 0 Å². The number of carbonyl (C=O) groups is 1. The van der Waals surface area contributed by atoms with E-state index >= 15 is 0 Å². The van der Waals surface area contributed by atoms with Crippen LogP contribution in [0, 0.1) is 13.8 Å². The maximum absolute atomic E-state index is 12.8. The molecule has 0 amide bonds. The lowest BCUT2D eigenvalue weighted by Gasteiger charge is -2.20. The maximum atomic E-state index is 12.8. The van der Waals surface area contributed by atoms with E-state index in [0.717, 1.165) is 27.8 Å². The van der Waals surface area contributed by atoms with Crippen LogP contribution in [0.4, 0.5) is 0 Å². The first-order chi connectivity index (χ1) is 15.9. The van der Waals surface area contributed by atoms with Gasteiger partial charge in [-0.3, -0.25) is 14.5 Å². The van der Waals surface area contributed by atoms with Crippen molar-refractivity contribution in [3.63, 3.8) is 0 Å². The molecular weight excluding hydrogens is 424 g/mol. The van der Waals surface area contributed by atoms with Crippen LogP contribution in [-0.2, 0) is 35.7 Å². The van der Waals surface area contributed by atoms with Crippen molar-refractivity contribution >= 4 is 16.9 Å². The quantitative estimate of drug-likeness (QED) is 0.386. The number of hydrogen-bond acceptors (Lipinski definition) is 8. The molecule has 10 heteroatoms. The number of fused-ring (bicyclic) bond motifs is 1.